The predicted octanol–water partition coefficient (Wildman–Crippen LogP) is 3.00. The van der Waals surface area contributed by atoms with Gasteiger partial charge in [-0.25, -0.2) is 13.6 Å². The highest BCUT2D eigenvalue weighted by molar-refractivity contribution is 5.85. The molecule has 0 amide bonds. The van der Waals surface area contributed by atoms with Gasteiger partial charge in [-0.05, 0) is 18.2 Å². The lowest BCUT2D eigenvalue weighted by Crippen LogP contribution is -1.94. The highest BCUT2D eigenvalue weighted by Gasteiger charge is 2.10. The summed E-state index contributed by atoms with van der Waals surface area (Å²) in [4.78, 5) is 10.5. The molecule has 0 fully saturated rings. The number of benzene rings is 1. The average molecular weight is 239 g/mol. The van der Waals surface area contributed by atoms with Gasteiger partial charge in [-0.15, -0.1) is 0 Å². The third kappa shape index (κ3) is 2.41. The Bertz CT molecular complexity index is 566. The number of aromatic carboxylic acids is 1. The van der Waals surface area contributed by atoms with Gasteiger partial charge in [0.2, 0.25) is 5.76 Å². The van der Waals surface area contributed by atoms with Crippen LogP contribution in [0.2, 0.25) is 0 Å². The zero-order valence-corrected chi connectivity index (χ0v) is 8.41. The number of halogens is 2. The standard InChI is InChI=1S/C11H7F2NO3/c12-6-1-2-7(13)8(5-6)14-10-4-3-9(17-10)11(15)16/h1-5,14H,(H,15,16). The van der Waals surface area contributed by atoms with Crippen molar-refractivity contribution in [3.63, 3.8) is 0 Å². The second-order valence-corrected chi connectivity index (χ2v) is 3.22. The van der Waals surface area contributed by atoms with E-state index in [9.17, 15) is 13.6 Å². The molecule has 1 heterocycles. The van der Waals surface area contributed by atoms with Crippen LogP contribution in [0.1, 0.15) is 10.6 Å². The zero-order valence-electron chi connectivity index (χ0n) is 8.41. The van der Waals surface area contributed by atoms with E-state index in [1.807, 2.05) is 0 Å². The summed E-state index contributed by atoms with van der Waals surface area (Å²) in [6.45, 7) is 0. The lowest BCUT2D eigenvalue weighted by molar-refractivity contribution is 0.0663. The Morgan fingerprint density at radius 3 is 2.65 bits per heavy atom. The number of anilines is 2. The maximum atomic E-state index is 13.2. The van der Waals surface area contributed by atoms with Crippen LogP contribution in [0.4, 0.5) is 20.4 Å². The number of carboxylic acids is 1. The van der Waals surface area contributed by atoms with Crippen molar-refractivity contribution in [2.24, 2.45) is 0 Å². The van der Waals surface area contributed by atoms with Crippen molar-refractivity contribution in [1.29, 1.82) is 0 Å². The van der Waals surface area contributed by atoms with Crippen molar-refractivity contribution < 1.29 is 23.1 Å². The minimum absolute atomic E-state index is 0.0203. The molecule has 88 valence electrons. The highest BCUT2D eigenvalue weighted by atomic mass is 19.1. The molecule has 2 N–H and O–H groups in total. The lowest BCUT2D eigenvalue weighted by Gasteiger charge is -2.03. The van der Waals surface area contributed by atoms with Crippen molar-refractivity contribution in [3.8, 4) is 0 Å². The number of hydrogen-bond donors (Lipinski definition) is 2. The molecular formula is C11H7F2NO3. The first kappa shape index (κ1) is 11.1. The van der Waals surface area contributed by atoms with E-state index in [0.717, 1.165) is 18.2 Å². The van der Waals surface area contributed by atoms with Crippen molar-refractivity contribution in [1.82, 2.24) is 0 Å². The summed E-state index contributed by atoms with van der Waals surface area (Å²) >= 11 is 0. The molecule has 0 aliphatic carbocycles. The molecule has 6 heteroatoms. The van der Waals surface area contributed by atoms with Crippen LogP contribution in [0.15, 0.2) is 34.7 Å². The molecule has 2 aromatic rings. The first-order valence-electron chi connectivity index (χ1n) is 4.61. The van der Waals surface area contributed by atoms with Crippen LogP contribution < -0.4 is 5.32 Å². The number of carboxylic acid groups (broad SMARTS) is 1. The predicted molar refractivity (Wildman–Crippen MR) is 55.3 cm³/mol. The van der Waals surface area contributed by atoms with Crippen LogP contribution in [0.5, 0.6) is 0 Å². The van der Waals surface area contributed by atoms with Gasteiger partial charge in [0, 0.05) is 12.1 Å². The fourth-order valence-corrected chi connectivity index (χ4v) is 1.25. The monoisotopic (exact) mass is 239 g/mol. The van der Waals surface area contributed by atoms with Gasteiger partial charge in [0.05, 0.1) is 5.69 Å². The van der Waals surface area contributed by atoms with Crippen molar-refractivity contribution >= 4 is 17.5 Å². The SMILES string of the molecule is O=C(O)c1ccc(Nc2cc(F)ccc2F)o1. The second kappa shape index (κ2) is 4.25. The van der Waals surface area contributed by atoms with E-state index >= 15 is 0 Å². The van der Waals surface area contributed by atoms with Crippen LogP contribution in [-0.2, 0) is 0 Å². The molecule has 0 unspecified atom stereocenters. The number of hydrogen-bond acceptors (Lipinski definition) is 3. The first-order valence-corrected chi connectivity index (χ1v) is 4.61. The van der Waals surface area contributed by atoms with Gasteiger partial charge < -0.3 is 14.8 Å². The fraction of sp³-hybridized carbons (Fsp3) is 0. The molecule has 1 aromatic carbocycles. The molecule has 0 spiro atoms. The number of furan rings is 1. The number of rotatable bonds is 3. The van der Waals surface area contributed by atoms with Gasteiger partial charge in [-0.3, -0.25) is 0 Å². The molecule has 0 atom stereocenters. The molecule has 4 nitrogen and oxygen atoms in total. The Morgan fingerprint density at radius 1 is 1.24 bits per heavy atom. The summed E-state index contributed by atoms with van der Waals surface area (Å²) in [5, 5.41) is 11.1. The van der Waals surface area contributed by atoms with Crippen LogP contribution in [0.25, 0.3) is 0 Å². The molecule has 0 saturated heterocycles. The third-order valence-corrected chi connectivity index (χ3v) is 2.00. The second-order valence-electron chi connectivity index (χ2n) is 3.22. The molecule has 0 saturated carbocycles. The summed E-state index contributed by atoms with van der Waals surface area (Å²) in [5.41, 5.74) is -0.128. The van der Waals surface area contributed by atoms with E-state index in [1.165, 1.54) is 12.1 Å². The third-order valence-electron chi connectivity index (χ3n) is 2.00. The summed E-state index contributed by atoms with van der Waals surface area (Å²) < 4.78 is 30.9. The smallest absolute Gasteiger partial charge is 0.371 e. The Balaban J connectivity index is 2.25. The van der Waals surface area contributed by atoms with Gasteiger partial charge in [0.25, 0.3) is 0 Å². The Hall–Kier alpha value is -2.37. The minimum Gasteiger partial charge on any atom is -0.475 e. The highest BCUT2D eigenvalue weighted by Crippen LogP contribution is 2.22. The van der Waals surface area contributed by atoms with Crippen LogP contribution in [0, 0.1) is 11.6 Å². The van der Waals surface area contributed by atoms with E-state index in [1.54, 1.807) is 0 Å². The molecular weight excluding hydrogens is 232 g/mol. The van der Waals surface area contributed by atoms with E-state index < -0.39 is 17.6 Å². The quantitative estimate of drug-likeness (QED) is 0.864. The molecule has 2 rings (SSSR count). The molecule has 1 aromatic heterocycles. The van der Waals surface area contributed by atoms with Crippen molar-refractivity contribution in [2.45, 2.75) is 0 Å². The van der Waals surface area contributed by atoms with Gasteiger partial charge in [0.1, 0.15) is 11.6 Å². The summed E-state index contributed by atoms with van der Waals surface area (Å²) in [6, 6.07) is 5.40. The van der Waals surface area contributed by atoms with Gasteiger partial charge >= 0.3 is 5.97 Å². The Morgan fingerprint density at radius 2 is 2.00 bits per heavy atom. The Labute approximate surface area is 94.5 Å². The average Bonchev–Trinajstić information content (AvgIpc) is 2.72. The zero-order chi connectivity index (χ0) is 12.4. The Kier molecular flexibility index (Phi) is 2.78. The minimum atomic E-state index is -1.24. The van der Waals surface area contributed by atoms with E-state index in [2.05, 4.69) is 5.32 Å². The maximum absolute atomic E-state index is 13.2. The summed E-state index contributed by atoms with van der Waals surface area (Å²) in [7, 11) is 0. The topological polar surface area (TPSA) is 62.5 Å². The number of nitrogens with one attached hydrogen (secondary N) is 1. The van der Waals surface area contributed by atoms with E-state index in [-0.39, 0.29) is 17.3 Å². The van der Waals surface area contributed by atoms with Crippen molar-refractivity contribution in [2.75, 3.05) is 5.32 Å². The fourth-order valence-electron chi connectivity index (χ4n) is 1.25. The van der Waals surface area contributed by atoms with Gasteiger partial charge in [-0.2, -0.15) is 0 Å². The molecule has 0 aliphatic rings. The van der Waals surface area contributed by atoms with Gasteiger partial charge in [0.15, 0.2) is 5.88 Å². The first-order chi connectivity index (χ1) is 8.06. The molecule has 0 aliphatic heterocycles. The number of carbonyl (C=O) groups is 1. The molecule has 0 radical (unpaired) electrons. The normalized spacial score (nSPS) is 10.2. The van der Waals surface area contributed by atoms with Crippen molar-refractivity contribution in [3.05, 3.63) is 47.7 Å². The molecule has 0 bridgehead atoms. The summed E-state index contributed by atoms with van der Waals surface area (Å²) in [6.07, 6.45) is 0. The lowest BCUT2D eigenvalue weighted by atomic mass is 10.3. The maximum Gasteiger partial charge on any atom is 0.371 e. The van der Waals surface area contributed by atoms with E-state index in [4.69, 9.17) is 9.52 Å². The van der Waals surface area contributed by atoms with E-state index in [0.29, 0.717) is 0 Å². The van der Waals surface area contributed by atoms with Gasteiger partial charge in [-0.1, -0.05) is 0 Å². The largest absolute Gasteiger partial charge is 0.475 e. The van der Waals surface area contributed by atoms with Crippen LogP contribution >= 0.6 is 0 Å². The van der Waals surface area contributed by atoms with Crippen LogP contribution in [0.3, 0.4) is 0 Å². The summed E-state index contributed by atoms with van der Waals surface area (Å²) in [5.74, 6) is -2.78. The van der Waals surface area contributed by atoms with Crippen LogP contribution in [-0.4, -0.2) is 11.1 Å². The molecule has 17 heavy (non-hydrogen) atoms.